The van der Waals surface area contributed by atoms with Gasteiger partial charge in [0, 0.05) is 23.1 Å². The van der Waals surface area contributed by atoms with Gasteiger partial charge in [-0.3, -0.25) is 14.3 Å². The highest BCUT2D eigenvalue weighted by molar-refractivity contribution is 5.47. The molecule has 1 N–H and O–H groups in total. The van der Waals surface area contributed by atoms with Crippen molar-refractivity contribution in [2.75, 3.05) is 6.61 Å². The summed E-state index contributed by atoms with van der Waals surface area (Å²) in [6.07, 6.45) is 0.371. The molecular weight excluding hydrogens is 482 g/mol. The normalized spacial score (nSPS) is 19.1. The lowest BCUT2D eigenvalue weighted by Gasteiger charge is -2.37. The van der Waals surface area contributed by atoms with E-state index < -0.39 is 35.2 Å². The van der Waals surface area contributed by atoms with Gasteiger partial charge in [-0.1, -0.05) is 96.1 Å². The molecule has 0 amide bonds. The number of hydrogen-bond acceptors (Lipinski definition) is 5. The van der Waals surface area contributed by atoms with E-state index in [1.165, 1.54) is 10.8 Å². The zero-order valence-corrected chi connectivity index (χ0v) is 20.8. The molecule has 1 aliphatic heterocycles. The Morgan fingerprint density at radius 3 is 2.00 bits per heavy atom. The average Bonchev–Trinajstić information content (AvgIpc) is 3.35. The Morgan fingerprint density at radius 1 is 0.974 bits per heavy atom. The number of hydrogen-bond donors (Lipinski definition) is 1. The lowest BCUT2D eigenvalue weighted by molar-refractivity contribution is -0.0796. The van der Waals surface area contributed by atoms with Crippen molar-refractivity contribution >= 4 is 0 Å². The first-order valence-electron chi connectivity index (χ1n) is 12.3. The fourth-order valence-corrected chi connectivity index (χ4v) is 5.00. The van der Waals surface area contributed by atoms with Crippen LogP contribution in [0.5, 0.6) is 0 Å². The van der Waals surface area contributed by atoms with Crippen LogP contribution in [0.1, 0.15) is 34.9 Å². The Kier molecular flexibility index (Phi) is 7.24. The van der Waals surface area contributed by atoms with Crippen LogP contribution in [0.25, 0.3) is 10.4 Å². The molecule has 1 saturated heterocycles. The molecular formula is C29H27N5O4. The molecule has 9 heteroatoms. The van der Waals surface area contributed by atoms with Gasteiger partial charge in [0.2, 0.25) is 0 Å². The third-order valence-electron chi connectivity index (χ3n) is 6.87. The van der Waals surface area contributed by atoms with E-state index in [1.54, 1.807) is 6.92 Å². The summed E-state index contributed by atoms with van der Waals surface area (Å²) in [7, 11) is 0. The number of rotatable bonds is 8. The fourth-order valence-electron chi connectivity index (χ4n) is 5.00. The van der Waals surface area contributed by atoms with Crippen molar-refractivity contribution in [3.8, 4) is 0 Å². The Hall–Kier alpha value is -4.43. The molecule has 1 fully saturated rings. The van der Waals surface area contributed by atoms with Gasteiger partial charge in [-0.05, 0) is 29.1 Å². The van der Waals surface area contributed by atoms with E-state index in [4.69, 9.17) is 9.47 Å². The van der Waals surface area contributed by atoms with Crippen LogP contribution >= 0.6 is 0 Å². The van der Waals surface area contributed by atoms with Crippen LogP contribution in [0.4, 0.5) is 0 Å². The van der Waals surface area contributed by atoms with Gasteiger partial charge in [0.15, 0.2) is 0 Å². The summed E-state index contributed by atoms with van der Waals surface area (Å²) < 4.78 is 14.4. The lowest BCUT2D eigenvalue weighted by Crippen LogP contribution is -2.38. The maximum absolute atomic E-state index is 12.5. The minimum Gasteiger partial charge on any atom is -0.358 e. The average molecular weight is 510 g/mol. The maximum Gasteiger partial charge on any atom is 0.330 e. The van der Waals surface area contributed by atoms with Crippen molar-refractivity contribution in [1.29, 1.82) is 0 Å². The van der Waals surface area contributed by atoms with Crippen molar-refractivity contribution in [1.82, 2.24) is 9.55 Å². The predicted molar refractivity (Wildman–Crippen MR) is 143 cm³/mol. The SMILES string of the molecule is Cc1cn([C@H]2CC(N=[N+]=[N-])[C@@H](COC(c3ccccc3)(c3ccccc3)c3ccccc3)O2)c(=O)[nH]c1=O. The van der Waals surface area contributed by atoms with E-state index in [0.29, 0.717) is 5.56 Å². The van der Waals surface area contributed by atoms with Gasteiger partial charge >= 0.3 is 5.69 Å². The third-order valence-corrected chi connectivity index (χ3v) is 6.87. The van der Waals surface area contributed by atoms with E-state index in [-0.39, 0.29) is 13.0 Å². The fraction of sp³-hybridized carbons (Fsp3) is 0.241. The number of benzene rings is 3. The summed E-state index contributed by atoms with van der Waals surface area (Å²) in [6, 6.07) is 29.2. The second-order valence-corrected chi connectivity index (χ2v) is 9.21. The van der Waals surface area contributed by atoms with Gasteiger partial charge in [-0.25, -0.2) is 4.79 Å². The monoisotopic (exact) mass is 509 g/mol. The number of ether oxygens (including phenoxy) is 2. The van der Waals surface area contributed by atoms with Crippen LogP contribution in [0, 0.1) is 6.92 Å². The van der Waals surface area contributed by atoms with E-state index >= 15 is 0 Å². The van der Waals surface area contributed by atoms with Crippen molar-refractivity contribution in [3.63, 3.8) is 0 Å². The van der Waals surface area contributed by atoms with Crippen LogP contribution in [0.3, 0.4) is 0 Å². The summed E-state index contributed by atoms with van der Waals surface area (Å²) in [5.74, 6) is 0. The molecule has 3 atom stereocenters. The minimum atomic E-state index is -0.975. The van der Waals surface area contributed by atoms with Crippen molar-refractivity contribution in [2.24, 2.45) is 5.11 Å². The number of aromatic nitrogens is 2. The van der Waals surface area contributed by atoms with E-state index in [2.05, 4.69) is 15.0 Å². The number of nitrogens with zero attached hydrogens (tertiary/aromatic N) is 4. The molecule has 0 bridgehead atoms. The summed E-state index contributed by atoms with van der Waals surface area (Å²) in [5, 5.41) is 3.96. The molecule has 192 valence electrons. The number of nitrogens with one attached hydrogen (secondary N) is 1. The van der Waals surface area contributed by atoms with E-state index in [0.717, 1.165) is 16.7 Å². The minimum absolute atomic E-state index is 0.0793. The Labute approximate surface area is 218 Å². The molecule has 4 aromatic rings. The summed E-state index contributed by atoms with van der Waals surface area (Å²) in [5.41, 5.74) is 10.4. The van der Waals surface area contributed by atoms with Gasteiger partial charge in [-0.15, -0.1) is 0 Å². The molecule has 1 unspecified atom stereocenters. The standard InChI is InChI=1S/C29H27N5O4/c1-20-18-34(28(36)31-27(20)35)26-17-24(32-33-30)25(38-26)19-37-29(21-11-5-2-6-12-21,22-13-7-3-8-14-22)23-15-9-4-10-16-23/h2-16,18,24-26H,17,19H2,1H3,(H,31,35,36)/t24?,25-,26-/m1/s1. The molecule has 0 spiro atoms. The van der Waals surface area contributed by atoms with Crippen LogP contribution in [-0.4, -0.2) is 28.3 Å². The first kappa shape index (κ1) is 25.2. The first-order chi connectivity index (χ1) is 18.5. The highest BCUT2D eigenvalue weighted by Gasteiger charge is 2.42. The van der Waals surface area contributed by atoms with Crippen molar-refractivity contribution < 1.29 is 9.47 Å². The van der Waals surface area contributed by atoms with E-state index in [1.807, 2.05) is 91.0 Å². The molecule has 1 aliphatic rings. The number of aromatic amines is 1. The van der Waals surface area contributed by atoms with E-state index in [9.17, 15) is 15.1 Å². The van der Waals surface area contributed by atoms with Crippen LogP contribution in [0.2, 0.25) is 0 Å². The Bertz CT molecular complexity index is 1450. The molecule has 9 nitrogen and oxygen atoms in total. The zero-order chi connectivity index (χ0) is 26.5. The Balaban J connectivity index is 1.54. The van der Waals surface area contributed by atoms with Crippen molar-refractivity contribution in [2.45, 2.75) is 37.3 Å². The van der Waals surface area contributed by atoms with Gasteiger partial charge in [-0.2, -0.15) is 0 Å². The summed E-state index contributed by atoms with van der Waals surface area (Å²) in [6.45, 7) is 1.69. The van der Waals surface area contributed by atoms with Crippen molar-refractivity contribution in [3.05, 3.63) is 151 Å². The molecule has 3 aromatic carbocycles. The third kappa shape index (κ3) is 4.78. The van der Waals surface area contributed by atoms with Gasteiger partial charge in [0.25, 0.3) is 5.56 Å². The summed E-state index contributed by atoms with van der Waals surface area (Å²) >= 11 is 0. The second kappa shape index (κ2) is 10.9. The lowest BCUT2D eigenvalue weighted by atomic mass is 9.80. The van der Waals surface area contributed by atoms with Crippen LogP contribution in [-0.2, 0) is 15.1 Å². The second-order valence-electron chi connectivity index (χ2n) is 9.21. The smallest absolute Gasteiger partial charge is 0.330 e. The zero-order valence-electron chi connectivity index (χ0n) is 20.8. The topological polar surface area (TPSA) is 122 Å². The quantitative estimate of drug-likeness (QED) is 0.158. The van der Waals surface area contributed by atoms with Crippen LogP contribution < -0.4 is 11.2 Å². The molecule has 0 saturated carbocycles. The molecule has 0 radical (unpaired) electrons. The molecule has 0 aliphatic carbocycles. The first-order valence-corrected chi connectivity index (χ1v) is 12.3. The van der Waals surface area contributed by atoms with Crippen LogP contribution in [0.15, 0.2) is 112 Å². The highest BCUT2D eigenvalue weighted by Crippen LogP contribution is 2.41. The largest absolute Gasteiger partial charge is 0.358 e. The number of azide groups is 1. The molecule has 2 heterocycles. The number of H-pyrrole nitrogens is 1. The predicted octanol–water partition coefficient (Wildman–Crippen LogP) is 4.82. The molecule has 38 heavy (non-hydrogen) atoms. The Morgan fingerprint density at radius 2 is 1.50 bits per heavy atom. The molecule has 1 aromatic heterocycles. The number of aryl methyl sites for hydroxylation is 1. The maximum atomic E-state index is 12.5. The van der Waals surface area contributed by atoms with Gasteiger partial charge < -0.3 is 9.47 Å². The summed E-state index contributed by atoms with van der Waals surface area (Å²) in [4.78, 5) is 29.7. The van der Waals surface area contributed by atoms with Gasteiger partial charge in [0.05, 0.1) is 18.8 Å². The highest BCUT2D eigenvalue weighted by atomic mass is 16.6. The van der Waals surface area contributed by atoms with Gasteiger partial charge in [0.1, 0.15) is 11.8 Å². The molecule has 5 rings (SSSR count).